The van der Waals surface area contributed by atoms with E-state index in [4.69, 9.17) is 0 Å². The molecule has 2 aromatic rings. The smallest absolute Gasteiger partial charge is 0.269 e. The minimum absolute atomic E-state index is 0.159. The predicted molar refractivity (Wildman–Crippen MR) is 93.6 cm³/mol. The fourth-order valence-electron chi connectivity index (χ4n) is 3.70. The number of allylic oxidation sites excluding steroid dienone is 2. The summed E-state index contributed by atoms with van der Waals surface area (Å²) in [6, 6.07) is 13.7. The Morgan fingerprint density at radius 2 is 1.96 bits per heavy atom. The number of nitro groups is 1. The summed E-state index contributed by atoms with van der Waals surface area (Å²) >= 11 is 3.48. The fourth-order valence-corrected chi connectivity index (χ4v) is 3.96. The molecule has 1 heterocycles. The van der Waals surface area contributed by atoms with Gasteiger partial charge in [-0.1, -0.05) is 40.2 Å². The lowest BCUT2D eigenvalue weighted by atomic mass is 9.77. The highest BCUT2D eigenvalue weighted by Gasteiger charge is 2.38. The molecule has 2 aliphatic rings. The number of nitro benzene ring substituents is 1. The molecular formula is C18H15BrN2O2. The van der Waals surface area contributed by atoms with Gasteiger partial charge in [-0.3, -0.25) is 10.1 Å². The summed E-state index contributed by atoms with van der Waals surface area (Å²) in [6.07, 6.45) is 5.37. The van der Waals surface area contributed by atoms with Gasteiger partial charge in [0.2, 0.25) is 0 Å². The van der Waals surface area contributed by atoms with Crippen molar-refractivity contribution in [3.8, 4) is 0 Å². The molecule has 0 radical (unpaired) electrons. The van der Waals surface area contributed by atoms with Crippen LogP contribution in [0.2, 0.25) is 0 Å². The molecule has 2 aromatic carbocycles. The summed E-state index contributed by atoms with van der Waals surface area (Å²) in [5.74, 6) is 0.630. The molecule has 0 unspecified atom stereocenters. The van der Waals surface area contributed by atoms with E-state index in [9.17, 15) is 10.1 Å². The Bertz CT molecular complexity index is 801. The lowest BCUT2D eigenvalue weighted by Crippen LogP contribution is -2.29. The Morgan fingerprint density at radius 3 is 2.70 bits per heavy atom. The van der Waals surface area contributed by atoms with Gasteiger partial charge >= 0.3 is 0 Å². The Labute approximate surface area is 142 Å². The van der Waals surface area contributed by atoms with E-state index in [0.717, 1.165) is 22.1 Å². The van der Waals surface area contributed by atoms with Gasteiger partial charge in [0.25, 0.3) is 5.69 Å². The van der Waals surface area contributed by atoms with Gasteiger partial charge in [-0.15, -0.1) is 0 Å². The van der Waals surface area contributed by atoms with E-state index >= 15 is 0 Å². The van der Waals surface area contributed by atoms with Crippen LogP contribution in [0.4, 0.5) is 11.4 Å². The Morgan fingerprint density at radius 1 is 1.17 bits per heavy atom. The van der Waals surface area contributed by atoms with Crippen LogP contribution >= 0.6 is 15.9 Å². The molecule has 1 aliphatic carbocycles. The Hall–Kier alpha value is -2.14. The zero-order valence-corrected chi connectivity index (χ0v) is 13.9. The largest absolute Gasteiger partial charge is 0.378 e. The van der Waals surface area contributed by atoms with Gasteiger partial charge in [0.1, 0.15) is 0 Å². The number of benzene rings is 2. The third kappa shape index (κ3) is 2.45. The summed E-state index contributed by atoms with van der Waals surface area (Å²) in [6.45, 7) is 0. The van der Waals surface area contributed by atoms with Crippen LogP contribution < -0.4 is 5.32 Å². The highest BCUT2D eigenvalue weighted by atomic mass is 79.9. The van der Waals surface area contributed by atoms with Gasteiger partial charge in [0.05, 0.1) is 11.0 Å². The lowest BCUT2D eigenvalue weighted by Gasteiger charge is -2.37. The number of rotatable bonds is 2. The first-order valence-corrected chi connectivity index (χ1v) is 8.40. The predicted octanol–water partition coefficient (Wildman–Crippen LogP) is 5.18. The van der Waals surface area contributed by atoms with Crippen LogP contribution in [0.3, 0.4) is 0 Å². The quantitative estimate of drug-likeness (QED) is 0.449. The maximum Gasteiger partial charge on any atom is 0.269 e. The number of nitrogens with zero attached hydrogens (tertiary/aromatic N) is 1. The first-order valence-electron chi connectivity index (χ1n) is 7.60. The minimum Gasteiger partial charge on any atom is -0.378 e. The Balaban J connectivity index is 1.77. The van der Waals surface area contributed by atoms with E-state index in [2.05, 4.69) is 57.7 Å². The number of anilines is 1. The third-order valence-corrected chi connectivity index (χ3v) is 5.31. The number of fused-ring (bicyclic) bond motifs is 3. The van der Waals surface area contributed by atoms with E-state index in [-0.39, 0.29) is 22.6 Å². The van der Waals surface area contributed by atoms with Crippen molar-refractivity contribution in [2.45, 2.75) is 18.4 Å². The fraction of sp³-hybridized carbons (Fsp3) is 0.222. The molecular weight excluding hydrogens is 356 g/mol. The number of non-ortho nitro benzene ring substituents is 1. The topological polar surface area (TPSA) is 55.2 Å². The first-order chi connectivity index (χ1) is 11.1. The lowest BCUT2D eigenvalue weighted by molar-refractivity contribution is -0.384. The Kier molecular flexibility index (Phi) is 3.45. The summed E-state index contributed by atoms with van der Waals surface area (Å²) in [7, 11) is 0. The van der Waals surface area contributed by atoms with Gasteiger partial charge in [-0.05, 0) is 41.7 Å². The molecule has 0 bridgehead atoms. The van der Waals surface area contributed by atoms with Crippen molar-refractivity contribution in [2.75, 3.05) is 5.32 Å². The van der Waals surface area contributed by atoms with Crippen LogP contribution in [0.25, 0.3) is 0 Å². The maximum absolute atomic E-state index is 11.1. The van der Waals surface area contributed by atoms with E-state index in [1.807, 2.05) is 6.07 Å². The number of nitrogens with one attached hydrogen (secondary N) is 1. The van der Waals surface area contributed by atoms with Gasteiger partial charge in [-0.2, -0.15) is 0 Å². The van der Waals surface area contributed by atoms with E-state index < -0.39 is 0 Å². The average Bonchev–Trinajstić information content (AvgIpc) is 3.04. The second-order valence-corrected chi connectivity index (χ2v) is 6.97. The van der Waals surface area contributed by atoms with Crippen LogP contribution in [-0.2, 0) is 0 Å². The van der Waals surface area contributed by atoms with Crippen molar-refractivity contribution in [3.05, 3.63) is 80.3 Å². The highest BCUT2D eigenvalue weighted by Crippen LogP contribution is 2.50. The van der Waals surface area contributed by atoms with E-state index in [1.54, 1.807) is 12.1 Å². The molecule has 5 heteroatoms. The second-order valence-electron chi connectivity index (χ2n) is 6.06. The van der Waals surface area contributed by atoms with Gasteiger partial charge in [0, 0.05) is 28.2 Å². The van der Waals surface area contributed by atoms with Crippen LogP contribution in [-0.4, -0.2) is 4.92 Å². The van der Waals surface area contributed by atoms with Crippen molar-refractivity contribution in [1.82, 2.24) is 0 Å². The van der Waals surface area contributed by atoms with Gasteiger partial charge in [-0.25, -0.2) is 0 Å². The molecule has 23 heavy (non-hydrogen) atoms. The van der Waals surface area contributed by atoms with Crippen molar-refractivity contribution in [3.63, 3.8) is 0 Å². The summed E-state index contributed by atoms with van der Waals surface area (Å²) in [4.78, 5) is 10.7. The highest BCUT2D eigenvalue weighted by molar-refractivity contribution is 9.10. The first kappa shape index (κ1) is 14.5. The normalized spacial score (nSPS) is 24.7. The third-order valence-electron chi connectivity index (χ3n) is 4.79. The average molecular weight is 371 g/mol. The van der Waals surface area contributed by atoms with Crippen LogP contribution in [0.5, 0.6) is 0 Å². The molecule has 1 aliphatic heterocycles. The van der Waals surface area contributed by atoms with Crippen LogP contribution in [0.15, 0.2) is 59.1 Å². The molecule has 3 atom stereocenters. The van der Waals surface area contributed by atoms with E-state index in [1.165, 1.54) is 5.56 Å². The minimum atomic E-state index is -0.325. The molecule has 0 amide bonds. The van der Waals surface area contributed by atoms with Gasteiger partial charge in [0.15, 0.2) is 0 Å². The number of halogens is 1. The summed E-state index contributed by atoms with van der Waals surface area (Å²) < 4.78 is 1.06. The zero-order valence-electron chi connectivity index (χ0n) is 12.3. The van der Waals surface area contributed by atoms with Crippen molar-refractivity contribution in [1.29, 1.82) is 0 Å². The molecule has 4 rings (SSSR count). The molecule has 0 aromatic heterocycles. The second kappa shape index (κ2) is 5.49. The standard InChI is InChI=1S/C18H15BrN2O2/c19-12-6-4-11(5-7-12)18-15-3-1-2-14(15)16-10-13(21(22)23)8-9-17(16)20-18/h1-2,4-10,14-15,18,20H,3H2/t14-,15+,18+/m0/s1. The molecule has 4 nitrogen and oxygen atoms in total. The molecule has 0 spiro atoms. The van der Waals surface area contributed by atoms with E-state index in [0.29, 0.717) is 5.92 Å². The molecule has 0 fully saturated rings. The van der Waals surface area contributed by atoms with Gasteiger partial charge < -0.3 is 5.32 Å². The molecule has 1 N–H and O–H groups in total. The van der Waals surface area contributed by atoms with Crippen LogP contribution in [0, 0.1) is 16.0 Å². The zero-order chi connectivity index (χ0) is 16.0. The number of hydrogen-bond donors (Lipinski definition) is 1. The summed E-state index contributed by atoms with van der Waals surface area (Å²) in [5, 5.41) is 14.7. The van der Waals surface area contributed by atoms with Crippen LogP contribution in [0.1, 0.15) is 29.5 Å². The monoisotopic (exact) mass is 370 g/mol. The van der Waals surface area contributed by atoms with Crippen molar-refractivity contribution >= 4 is 27.3 Å². The van der Waals surface area contributed by atoms with Crippen molar-refractivity contribution in [2.24, 2.45) is 5.92 Å². The molecule has 0 saturated heterocycles. The maximum atomic E-state index is 11.1. The summed E-state index contributed by atoms with van der Waals surface area (Å²) in [5.41, 5.74) is 3.44. The SMILES string of the molecule is O=[N+]([O-])c1ccc2c(c1)[C@H]1C=CC[C@H]1[C@@H](c1ccc(Br)cc1)N2. The van der Waals surface area contributed by atoms with Crippen molar-refractivity contribution < 1.29 is 4.92 Å². The number of hydrogen-bond acceptors (Lipinski definition) is 3. The molecule has 116 valence electrons. The molecule has 0 saturated carbocycles.